The Labute approximate surface area is 146 Å². The summed E-state index contributed by atoms with van der Waals surface area (Å²) in [5.41, 5.74) is -1.39. The standard InChI is InChI=1S/C16H15F3N4O3/c1-2-8-23(10-14(24)21-13-7-9-26-22-13)15(25)20-12-6-4-3-5-11(12)16(17,18)19/h2-7,9H,1,8,10H2,(H,20,25)(H,21,22,24). The highest BCUT2D eigenvalue weighted by atomic mass is 19.4. The van der Waals surface area contributed by atoms with Gasteiger partial charge in [-0.05, 0) is 12.1 Å². The molecular formula is C16H15F3N4O3. The van der Waals surface area contributed by atoms with Gasteiger partial charge < -0.3 is 20.1 Å². The van der Waals surface area contributed by atoms with E-state index in [1.54, 1.807) is 0 Å². The minimum absolute atomic E-state index is 0.0494. The highest BCUT2D eigenvalue weighted by molar-refractivity contribution is 5.96. The van der Waals surface area contributed by atoms with E-state index in [-0.39, 0.29) is 12.4 Å². The maximum absolute atomic E-state index is 13.0. The van der Waals surface area contributed by atoms with Gasteiger partial charge in [0.2, 0.25) is 5.91 Å². The van der Waals surface area contributed by atoms with Crippen molar-refractivity contribution in [1.82, 2.24) is 10.1 Å². The zero-order valence-electron chi connectivity index (χ0n) is 13.4. The number of hydrogen-bond acceptors (Lipinski definition) is 4. The molecule has 0 saturated carbocycles. The summed E-state index contributed by atoms with van der Waals surface area (Å²) in [6, 6.07) is 5.07. The fraction of sp³-hybridized carbons (Fsp3) is 0.188. The largest absolute Gasteiger partial charge is 0.418 e. The number of anilines is 2. The van der Waals surface area contributed by atoms with Gasteiger partial charge in [-0.25, -0.2) is 4.79 Å². The molecule has 0 bridgehead atoms. The molecule has 0 aliphatic carbocycles. The second-order valence-corrected chi connectivity index (χ2v) is 5.08. The molecule has 1 aromatic heterocycles. The van der Waals surface area contributed by atoms with E-state index >= 15 is 0 Å². The molecule has 2 rings (SSSR count). The van der Waals surface area contributed by atoms with Crippen LogP contribution in [0.2, 0.25) is 0 Å². The van der Waals surface area contributed by atoms with Crippen molar-refractivity contribution >= 4 is 23.4 Å². The van der Waals surface area contributed by atoms with Gasteiger partial charge >= 0.3 is 12.2 Å². The van der Waals surface area contributed by atoms with Gasteiger partial charge in [-0.2, -0.15) is 13.2 Å². The number of halogens is 3. The summed E-state index contributed by atoms with van der Waals surface area (Å²) in [6.07, 6.45) is -2.03. The first kappa shape index (κ1) is 19.0. The lowest BCUT2D eigenvalue weighted by atomic mass is 10.1. The van der Waals surface area contributed by atoms with E-state index in [4.69, 9.17) is 0 Å². The third-order valence-corrected chi connectivity index (χ3v) is 3.15. The third-order valence-electron chi connectivity index (χ3n) is 3.15. The van der Waals surface area contributed by atoms with Crippen LogP contribution in [0.5, 0.6) is 0 Å². The van der Waals surface area contributed by atoms with Crippen LogP contribution in [0, 0.1) is 0 Å². The van der Waals surface area contributed by atoms with E-state index in [9.17, 15) is 22.8 Å². The van der Waals surface area contributed by atoms with Crippen molar-refractivity contribution in [3.05, 3.63) is 54.8 Å². The molecule has 0 radical (unpaired) electrons. The quantitative estimate of drug-likeness (QED) is 0.766. The van der Waals surface area contributed by atoms with Crippen molar-refractivity contribution in [2.24, 2.45) is 0 Å². The summed E-state index contributed by atoms with van der Waals surface area (Å²) in [5.74, 6) is -0.448. The van der Waals surface area contributed by atoms with Crippen molar-refractivity contribution in [1.29, 1.82) is 0 Å². The Morgan fingerprint density at radius 1 is 1.23 bits per heavy atom. The number of aromatic nitrogens is 1. The topological polar surface area (TPSA) is 87.5 Å². The normalized spacial score (nSPS) is 10.9. The fourth-order valence-corrected chi connectivity index (χ4v) is 2.04. The van der Waals surface area contributed by atoms with Crippen LogP contribution in [-0.2, 0) is 11.0 Å². The van der Waals surface area contributed by atoms with E-state index in [1.807, 2.05) is 0 Å². The Bertz CT molecular complexity index is 775. The number of alkyl halides is 3. The Balaban J connectivity index is 2.09. The van der Waals surface area contributed by atoms with Gasteiger partial charge in [0.05, 0.1) is 11.3 Å². The highest BCUT2D eigenvalue weighted by Crippen LogP contribution is 2.34. The Kier molecular flexibility index (Phi) is 5.99. The van der Waals surface area contributed by atoms with Crippen LogP contribution in [0.1, 0.15) is 5.56 Å². The third kappa shape index (κ3) is 5.10. The first-order valence-electron chi connectivity index (χ1n) is 7.34. The Morgan fingerprint density at radius 2 is 1.96 bits per heavy atom. The van der Waals surface area contributed by atoms with Gasteiger partial charge in [-0.3, -0.25) is 4.79 Å². The lowest BCUT2D eigenvalue weighted by Crippen LogP contribution is -2.41. The van der Waals surface area contributed by atoms with Gasteiger partial charge in [0.1, 0.15) is 12.8 Å². The molecular weight excluding hydrogens is 353 g/mol. The van der Waals surface area contributed by atoms with E-state index in [0.717, 1.165) is 17.0 Å². The van der Waals surface area contributed by atoms with E-state index in [2.05, 4.69) is 26.9 Å². The average molecular weight is 368 g/mol. The number of carbonyl (C=O) groups excluding carboxylic acids is 2. The number of nitrogens with zero attached hydrogens (tertiary/aromatic N) is 2. The Hall–Kier alpha value is -3.30. The molecule has 0 unspecified atom stereocenters. The molecule has 0 aliphatic heterocycles. The molecule has 1 heterocycles. The van der Waals surface area contributed by atoms with Gasteiger partial charge in [0, 0.05) is 12.6 Å². The Morgan fingerprint density at radius 3 is 2.58 bits per heavy atom. The molecule has 138 valence electrons. The summed E-state index contributed by atoms with van der Waals surface area (Å²) in [7, 11) is 0. The number of para-hydroxylation sites is 1. The van der Waals surface area contributed by atoms with Crippen LogP contribution in [0.3, 0.4) is 0 Å². The van der Waals surface area contributed by atoms with E-state index < -0.39 is 35.9 Å². The van der Waals surface area contributed by atoms with E-state index in [1.165, 1.54) is 30.5 Å². The molecule has 0 spiro atoms. The molecule has 10 heteroatoms. The SMILES string of the molecule is C=CCN(CC(=O)Nc1ccon1)C(=O)Nc1ccccc1C(F)(F)F. The fourth-order valence-electron chi connectivity index (χ4n) is 2.04. The van der Waals surface area contributed by atoms with Crippen molar-refractivity contribution < 1.29 is 27.3 Å². The minimum Gasteiger partial charge on any atom is -0.363 e. The number of carbonyl (C=O) groups is 2. The maximum Gasteiger partial charge on any atom is 0.418 e. The lowest BCUT2D eigenvalue weighted by Gasteiger charge is -2.22. The van der Waals surface area contributed by atoms with Crippen LogP contribution in [0.15, 0.2) is 53.8 Å². The number of rotatable bonds is 6. The number of urea groups is 1. The van der Waals surface area contributed by atoms with Crippen LogP contribution in [-0.4, -0.2) is 35.1 Å². The lowest BCUT2D eigenvalue weighted by molar-refractivity contribution is -0.137. The van der Waals surface area contributed by atoms with Crippen LogP contribution < -0.4 is 10.6 Å². The van der Waals surface area contributed by atoms with Crippen molar-refractivity contribution in [3.63, 3.8) is 0 Å². The smallest absolute Gasteiger partial charge is 0.363 e. The molecule has 0 saturated heterocycles. The molecule has 7 nitrogen and oxygen atoms in total. The molecule has 1 aromatic carbocycles. The monoisotopic (exact) mass is 368 g/mol. The summed E-state index contributed by atoms with van der Waals surface area (Å²) in [4.78, 5) is 25.3. The zero-order valence-corrected chi connectivity index (χ0v) is 13.4. The zero-order chi connectivity index (χ0) is 19.2. The second-order valence-electron chi connectivity index (χ2n) is 5.08. The molecule has 0 fully saturated rings. The predicted octanol–water partition coefficient (Wildman–Crippen LogP) is 3.35. The van der Waals surface area contributed by atoms with Crippen LogP contribution in [0.4, 0.5) is 29.5 Å². The predicted molar refractivity (Wildman–Crippen MR) is 87.4 cm³/mol. The summed E-state index contributed by atoms with van der Waals surface area (Å²) in [6.45, 7) is 3.00. The van der Waals surface area contributed by atoms with E-state index in [0.29, 0.717) is 0 Å². The number of benzene rings is 1. The molecule has 3 amide bonds. The number of nitrogens with one attached hydrogen (secondary N) is 2. The van der Waals surface area contributed by atoms with Crippen LogP contribution >= 0.6 is 0 Å². The second kappa shape index (κ2) is 8.19. The number of amides is 3. The van der Waals surface area contributed by atoms with Gasteiger partial charge in [0.15, 0.2) is 5.82 Å². The van der Waals surface area contributed by atoms with Gasteiger partial charge in [0.25, 0.3) is 0 Å². The van der Waals surface area contributed by atoms with Crippen molar-refractivity contribution in [2.75, 3.05) is 23.7 Å². The molecule has 2 aromatic rings. The first-order valence-corrected chi connectivity index (χ1v) is 7.34. The van der Waals surface area contributed by atoms with Gasteiger partial charge in [-0.15, -0.1) is 6.58 Å². The first-order chi connectivity index (χ1) is 12.3. The summed E-state index contributed by atoms with van der Waals surface area (Å²) >= 11 is 0. The van der Waals surface area contributed by atoms with Crippen molar-refractivity contribution in [3.8, 4) is 0 Å². The molecule has 26 heavy (non-hydrogen) atoms. The average Bonchev–Trinajstić information content (AvgIpc) is 3.06. The molecule has 2 N–H and O–H groups in total. The number of hydrogen-bond donors (Lipinski definition) is 2. The summed E-state index contributed by atoms with van der Waals surface area (Å²) in [5, 5.41) is 8.05. The maximum atomic E-state index is 13.0. The molecule has 0 atom stereocenters. The molecule has 0 aliphatic rings. The van der Waals surface area contributed by atoms with Crippen LogP contribution in [0.25, 0.3) is 0 Å². The van der Waals surface area contributed by atoms with Gasteiger partial charge in [-0.1, -0.05) is 23.4 Å². The van der Waals surface area contributed by atoms with Crippen molar-refractivity contribution in [2.45, 2.75) is 6.18 Å². The minimum atomic E-state index is -4.63. The highest BCUT2D eigenvalue weighted by Gasteiger charge is 2.34. The summed E-state index contributed by atoms with van der Waals surface area (Å²) < 4.78 is 43.6.